The maximum atomic E-state index is 3.53. The van der Waals surface area contributed by atoms with Crippen LogP contribution in [0.2, 0.25) is 0 Å². The molecule has 0 saturated carbocycles. The molecule has 0 heterocycles. The van der Waals surface area contributed by atoms with Gasteiger partial charge in [-0.25, -0.2) is 0 Å². The summed E-state index contributed by atoms with van der Waals surface area (Å²) in [4.78, 5) is 0. The zero-order chi connectivity index (χ0) is 15.1. The third-order valence-electron chi connectivity index (χ3n) is 3.90. The minimum absolute atomic E-state index is 0.486. The zero-order valence-electron chi connectivity index (χ0n) is 14.2. The summed E-state index contributed by atoms with van der Waals surface area (Å²) in [6.07, 6.45) is 11.3. The highest BCUT2D eigenvalue weighted by molar-refractivity contribution is 4.60. The molecule has 4 nitrogen and oxygen atoms in total. The lowest BCUT2D eigenvalue weighted by molar-refractivity contribution is 0.425. The van der Waals surface area contributed by atoms with Gasteiger partial charge in [0.05, 0.1) is 12.3 Å². The van der Waals surface area contributed by atoms with Crippen molar-refractivity contribution in [3.8, 4) is 0 Å². The Bertz CT molecular complexity index is 159. The molecule has 0 spiro atoms. The molecule has 20 heavy (non-hydrogen) atoms. The quantitative estimate of drug-likeness (QED) is 0.276. The highest BCUT2D eigenvalue weighted by Gasteiger charge is 2.01. The van der Waals surface area contributed by atoms with Crippen molar-refractivity contribution >= 4 is 0 Å². The van der Waals surface area contributed by atoms with Crippen LogP contribution in [0.5, 0.6) is 0 Å². The minimum atomic E-state index is 0.486. The van der Waals surface area contributed by atoms with Gasteiger partial charge in [0.1, 0.15) is 0 Å². The smallest absolute Gasteiger partial charge is 0.0566 e. The van der Waals surface area contributed by atoms with Gasteiger partial charge in [-0.1, -0.05) is 39.5 Å². The molecular formula is C16H38N4. The second kappa shape index (κ2) is 15.2. The molecule has 4 heteroatoms. The van der Waals surface area contributed by atoms with Gasteiger partial charge >= 0.3 is 0 Å². The lowest BCUT2D eigenvalue weighted by Crippen LogP contribution is -2.39. The van der Waals surface area contributed by atoms with Gasteiger partial charge in [-0.3, -0.25) is 0 Å². The molecule has 0 bridgehead atoms. The second-order valence-electron chi connectivity index (χ2n) is 5.53. The summed E-state index contributed by atoms with van der Waals surface area (Å²) in [5, 5.41) is 13.6. The number of nitrogens with one attached hydrogen (secondary N) is 4. The first-order chi connectivity index (χ1) is 9.78. The molecule has 0 saturated heterocycles. The number of hydrogen-bond acceptors (Lipinski definition) is 4. The Balaban J connectivity index is 3.17. The zero-order valence-corrected chi connectivity index (χ0v) is 14.2. The summed E-state index contributed by atoms with van der Waals surface area (Å²) >= 11 is 0. The summed E-state index contributed by atoms with van der Waals surface area (Å²) in [6.45, 7) is 6.70. The molecule has 2 atom stereocenters. The number of hydrogen-bond donors (Lipinski definition) is 4. The van der Waals surface area contributed by atoms with Crippen molar-refractivity contribution in [2.75, 3.05) is 27.2 Å². The predicted octanol–water partition coefficient (Wildman–Crippen LogP) is 2.42. The standard InChI is InChI=1S/C16H38N4/c1-5-15(17-3)19-13-11-9-7-8-10-12-14-20-16(6-2)18-4/h15-20H,5-14H2,1-4H3. The van der Waals surface area contributed by atoms with E-state index >= 15 is 0 Å². The van der Waals surface area contributed by atoms with Gasteiger partial charge < -0.3 is 21.3 Å². The van der Waals surface area contributed by atoms with E-state index in [-0.39, 0.29) is 0 Å². The van der Waals surface area contributed by atoms with E-state index in [1.165, 1.54) is 38.5 Å². The van der Waals surface area contributed by atoms with Crippen molar-refractivity contribution < 1.29 is 0 Å². The fraction of sp³-hybridized carbons (Fsp3) is 1.00. The van der Waals surface area contributed by atoms with Crippen molar-refractivity contribution in [1.29, 1.82) is 0 Å². The van der Waals surface area contributed by atoms with Gasteiger partial charge in [0.25, 0.3) is 0 Å². The summed E-state index contributed by atoms with van der Waals surface area (Å²) in [7, 11) is 4.04. The van der Waals surface area contributed by atoms with Crippen LogP contribution in [0.4, 0.5) is 0 Å². The molecule has 0 aliphatic rings. The van der Waals surface area contributed by atoms with Crippen molar-refractivity contribution in [3.63, 3.8) is 0 Å². The van der Waals surface area contributed by atoms with Crippen molar-refractivity contribution in [2.24, 2.45) is 0 Å². The Labute approximate surface area is 126 Å². The van der Waals surface area contributed by atoms with E-state index < -0.39 is 0 Å². The van der Waals surface area contributed by atoms with Crippen molar-refractivity contribution in [1.82, 2.24) is 21.3 Å². The molecule has 122 valence electrons. The molecule has 0 fully saturated rings. The van der Waals surface area contributed by atoms with E-state index in [1.807, 2.05) is 14.1 Å². The highest BCUT2D eigenvalue weighted by Crippen LogP contribution is 2.04. The van der Waals surface area contributed by atoms with Gasteiger partial charge in [0.2, 0.25) is 0 Å². The fourth-order valence-corrected chi connectivity index (χ4v) is 2.41. The van der Waals surface area contributed by atoms with Gasteiger partial charge in [-0.05, 0) is 52.9 Å². The molecule has 0 aromatic carbocycles. The van der Waals surface area contributed by atoms with Crippen LogP contribution in [0, 0.1) is 0 Å². The Morgan fingerprint density at radius 3 is 1.25 bits per heavy atom. The first kappa shape index (κ1) is 19.8. The van der Waals surface area contributed by atoms with Gasteiger partial charge in [-0.15, -0.1) is 0 Å². The van der Waals surface area contributed by atoms with Gasteiger partial charge in [0, 0.05) is 0 Å². The number of rotatable bonds is 15. The molecular weight excluding hydrogens is 248 g/mol. The van der Waals surface area contributed by atoms with E-state index in [2.05, 4.69) is 35.1 Å². The van der Waals surface area contributed by atoms with Gasteiger partial charge in [-0.2, -0.15) is 0 Å². The monoisotopic (exact) mass is 286 g/mol. The summed E-state index contributed by atoms with van der Waals surface area (Å²) < 4.78 is 0. The van der Waals surface area contributed by atoms with Crippen molar-refractivity contribution in [2.45, 2.75) is 77.5 Å². The third kappa shape index (κ3) is 11.6. The van der Waals surface area contributed by atoms with E-state index in [1.54, 1.807) is 0 Å². The molecule has 0 aromatic heterocycles. The average molecular weight is 287 g/mol. The Morgan fingerprint density at radius 2 is 0.950 bits per heavy atom. The molecule has 0 amide bonds. The maximum Gasteiger partial charge on any atom is 0.0566 e. The van der Waals surface area contributed by atoms with Crippen LogP contribution in [0.1, 0.15) is 65.2 Å². The molecule has 0 radical (unpaired) electrons. The van der Waals surface area contributed by atoms with Crippen LogP contribution in [-0.2, 0) is 0 Å². The Morgan fingerprint density at radius 1 is 0.600 bits per heavy atom. The van der Waals surface area contributed by atoms with Crippen LogP contribution in [0.15, 0.2) is 0 Å². The van der Waals surface area contributed by atoms with E-state index in [0.717, 1.165) is 25.9 Å². The first-order valence-electron chi connectivity index (χ1n) is 8.59. The topological polar surface area (TPSA) is 48.1 Å². The largest absolute Gasteiger partial charge is 0.305 e. The fourth-order valence-electron chi connectivity index (χ4n) is 2.41. The number of unbranched alkanes of at least 4 members (excludes halogenated alkanes) is 5. The average Bonchev–Trinajstić information content (AvgIpc) is 2.49. The molecule has 0 aliphatic heterocycles. The molecule has 2 unspecified atom stereocenters. The molecule has 0 rings (SSSR count). The Hall–Kier alpha value is -0.160. The summed E-state index contributed by atoms with van der Waals surface area (Å²) in [5.41, 5.74) is 0. The van der Waals surface area contributed by atoms with Crippen LogP contribution in [0.25, 0.3) is 0 Å². The van der Waals surface area contributed by atoms with Crippen LogP contribution in [-0.4, -0.2) is 39.5 Å². The van der Waals surface area contributed by atoms with Crippen molar-refractivity contribution in [3.05, 3.63) is 0 Å². The van der Waals surface area contributed by atoms with E-state index in [4.69, 9.17) is 0 Å². The normalized spacial score (nSPS) is 14.4. The predicted molar refractivity (Wildman–Crippen MR) is 90.0 cm³/mol. The van der Waals surface area contributed by atoms with E-state index in [0.29, 0.717) is 12.3 Å². The lowest BCUT2D eigenvalue weighted by Gasteiger charge is -2.16. The molecule has 0 aliphatic carbocycles. The van der Waals surface area contributed by atoms with Crippen LogP contribution in [0.3, 0.4) is 0 Å². The SMILES string of the molecule is CCC(NC)NCCCCCCCCNC(CC)NC. The minimum Gasteiger partial charge on any atom is -0.305 e. The molecule has 4 N–H and O–H groups in total. The Kier molecular flexibility index (Phi) is 15.1. The van der Waals surface area contributed by atoms with Crippen LogP contribution >= 0.6 is 0 Å². The maximum absolute atomic E-state index is 3.53. The van der Waals surface area contributed by atoms with E-state index in [9.17, 15) is 0 Å². The highest BCUT2D eigenvalue weighted by atomic mass is 15.1. The lowest BCUT2D eigenvalue weighted by atomic mass is 10.1. The van der Waals surface area contributed by atoms with Crippen LogP contribution < -0.4 is 21.3 Å². The second-order valence-corrected chi connectivity index (χ2v) is 5.53. The van der Waals surface area contributed by atoms with Gasteiger partial charge in [0.15, 0.2) is 0 Å². The third-order valence-corrected chi connectivity index (χ3v) is 3.90. The summed E-state index contributed by atoms with van der Waals surface area (Å²) in [5.74, 6) is 0. The first-order valence-corrected chi connectivity index (χ1v) is 8.59. The molecule has 0 aromatic rings. The summed E-state index contributed by atoms with van der Waals surface area (Å²) in [6, 6.07) is 0.